The van der Waals surface area contributed by atoms with Gasteiger partial charge in [0, 0.05) is 19.3 Å². The van der Waals surface area contributed by atoms with E-state index in [2.05, 4.69) is 22.4 Å². The molecule has 0 atom stereocenters. The Labute approximate surface area is 119 Å². The number of amides is 1. The van der Waals surface area contributed by atoms with Crippen LogP contribution in [0.2, 0.25) is 0 Å². The van der Waals surface area contributed by atoms with E-state index in [1.165, 1.54) is 17.5 Å². The Morgan fingerprint density at radius 2 is 2.15 bits per heavy atom. The lowest BCUT2D eigenvalue weighted by atomic mass is 10.1. The number of nitrogens with zero attached hydrogens (tertiary/aromatic N) is 2. The van der Waals surface area contributed by atoms with Gasteiger partial charge in [-0.3, -0.25) is 4.79 Å². The summed E-state index contributed by atoms with van der Waals surface area (Å²) in [5.74, 6) is 0.243. The number of aliphatic imine (C=N–C) groups is 1. The third-order valence-corrected chi connectivity index (χ3v) is 3.66. The second kappa shape index (κ2) is 6.41. The minimum atomic E-state index is -0.0359. The lowest BCUT2D eigenvalue weighted by Crippen LogP contribution is -2.30. The lowest BCUT2D eigenvalue weighted by Gasteiger charge is -2.13. The van der Waals surface area contributed by atoms with Gasteiger partial charge in [0.25, 0.3) is 0 Å². The third-order valence-electron chi connectivity index (χ3n) is 3.66. The van der Waals surface area contributed by atoms with Crippen molar-refractivity contribution in [2.75, 3.05) is 25.5 Å². The number of hydrogen-bond acceptors (Lipinski definition) is 2. The molecule has 1 aromatic rings. The van der Waals surface area contributed by atoms with Crippen molar-refractivity contribution in [3.05, 3.63) is 29.3 Å². The summed E-state index contributed by atoms with van der Waals surface area (Å²) < 4.78 is 0. The number of rotatable bonds is 4. The fourth-order valence-corrected chi connectivity index (χ4v) is 2.29. The molecule has 0 unspecified atom stereocenters. The van der Waals surface area contributed by atoms with E-state index in [-0.39, 0.29) is 18.4 Å². The van der Waals surface area contributed by atoms with Crippen LogP contribution in [0.25, 0.3) is 0 Å². The van der Waals surface area contributed by atoms with Crippen LogP contribution >= 0.6 is 0 Å². The van der Waals surface area contributed by atoms with Gasteiger partial charge >= 0.3 is 0 Å². The first-order chi connectivity index (χ1) is 9.60. The Balaban J connectivity index is 1.94. The zero-order valence-electron chi connectivity index (χ0n) is 12.1. The van der Waals surface area contributed by atoms with Crippen molar-refractivity contribution in [2.24, 2.45) is 10.7 Å². The number of aryl methyl sites for hydroxylation is 2. The van der Waals surface area contributed by atoms with Crippen molar-refractivity contribution in [1.29, 1.82) is 0 Å². The Hall–Kier alpha value is -2.04. The minimum Gasteiger partial charge on any atom is -0.370 e. The van der Waals surface area contributed by atoms with Gasteiger partial charge in [-0.25, -0.2) is 4.99 Å². The van der Waals surface area contributed by atoms with Gasteiger partial charge in [-0.1, -0.05) is 6.07 Å². The van der Waals surface area contributed by atoms with E-state index in [0.29, 0.717) is 6.54 Å². The average Bonchev–Trinajstić information content (AvgIpc) is 2.91. The van der Waals surface area contributed by atoms with E-state index in [1.807, 2.05) is 13.0 Å². The minimum absolute atomic E-state index is 0.0359. The molecule has 0 bridgehead atoms. The van der Waals surface area contributed by atoms with E-state index in [0.717, 1.165) is 18.5 Å². The van der Waals surface area contributed by atoms with Crippen molar-refractivity contribution >= 4 is 17.6 Å². The van der Waals surface area contributed by atoms with Crippen LogP contribution in [-0.2, 0) is 17.6 Å². The number of hydrogen-bond donors (Lipinski definition) is 2. The number of nitrogens with one attached hydrogen (secondary N) is 1. The molecule has 0 fully saturated rings. The number of anilines is 1. The highest BCUT2D eigenvalue weighted by Crippen LogP contribution is 2.24. The lowest BCUT2D eigenvalue weighted by molar-refractivity contribution is -0.128. The Morgan fingerprint density at radius 1 is 1.40 bits per heavy atom. The maximum absolute atomic E-state index is 11.6. The molecule has 0 saturated heterocycles. The van der Waals surface area contributed by atoms with Crippen LogP contribution in [-0.4, -0.2) is 36.9 Å². The summed E-state index contributed by atoms with van der Waals surface area (Å²) in [6.07, 6.45) is 3.51. The quantitative estimate of drug-likeness (QED) is 0.643. The van der Waals surface area contributed by atoms with Crippen molar-refractivity contribution < 1.29 is 4.79 Å². The molecule has 0 heterocycles. The van der Waals surface area contributed by atoms with Crippen LogP contribution in [0.4, 0.5) is 5.69 Å². The number of carbonyl (C=O) groups excluding carboxylic acids is 1. The van der Waals surface area contributed by atoms with E-state index < -0.39 is 0 Å². The number of guanidine groups is 1. The Bertz CT molecular complexity index is 525. The van der Waals surface area contributed by atoms with Crippen molar-refractivity contribution in [1.82, 2.24) is 4.90 Å². The summed E-state index contributed by atoms with van der Waals surface area (Å²) >= 11 is 0. The highest BCUT2D eigenvalue weighted by molar-refractivity contribution is 5.94. The number of carbonyl (C=O) groups is 1. The van der Waals surface area contributed by atoms with Gasteiger partial charge in [-0.2, -0.15) is 0 Å². The van der Waals surface area contributed by atoms with Crippen LogP contribution < -0.4 is 11.1 Å². The number of likely N-dealkylation sites (N-methyl/N-ethyl adjacent to an activating group) is 1. The van der Waals surface area contributed by atoms with Crippen LogP contribution in [0.5, 0.6) is 0 Å². The molecule has 3 N–H and O–H groups in total. The number of benzene rings is 1. The molecule has 2 rings (SSSR count). The van der Waals surface area contributed by atoms with Gasteiger partial charge in [-0.05, 0) is 49.4 Å². The van der Waals surface area contributed by atoms with E-state index in [4.69, 9.17) is 5.73 Å². The molecule has 0 aromatic heterocycles. The molecule has 1 aliphatic carbocycles. The molecular formula is C15H22N4O. The van der Waals surface area contributed by atoms with E-state index in [1.54, 1.807) is 11.9 Å². The highest BCUT2D eigenvalue weighted by Gasteiger charge is 2.11. The van der Waals surface area contributed by atoms with Gasteiger partial charge in [0.2, 0.25) is 5.91 Å². The first-order valence-electron chi connectivity index (χ1n) is 7.03. The fraction of sp³-hybridized carbons (Fsp3) is 0.467. The van der Waals surface area contributed by atoms with Crippen LogP contribution in [0.3, 0.4) is 0 Å². The molecule has 0 spiro atoms. The first kappa shape index (κ1) is 14.4. The largest absolute Gasteiger partial charge is 0.370 e. The molecule has 1 amide bonds. The SMILES string of the molecule is CCN(C)C(=O)CN=C(N)Nc1ccc2c(c1)CCC2. The van der Waals surface area contributed by atoms with E-state index >= 15 is 0 Å². The third kappa shape index (κ3) is 3.50. The van der Waals surface area contributed by atoms with Crippen LogP contribution in [0.1, 0.15) is 24.5 Å². The van der Waals surface area contributed by atoms with Crippen molar-refractivity contribution in [3.63, 3.8) is 0 Å². The summed E-state index contributed by atoms with van der Waals surface area (Å²) in [7, 11) is 1.75. The smallest absolute Gasteiger partial charge is 0.244 e. The highest BCUT2D eigenvalue weighted by atomic mass is 16.2. The van der Waals surface area contributed by atoms with Gasteiger partial charge < -0.3 is 16.0 Å². The molecular weight excluding hydrogens is 252 g/mol. The molecule has 108 valence electrons. The topological polar surface area (TPSA) is 70.7 Å². The summed E-state index contributed by atoms with van der Waals surface area (Å²) in [6.45, 7) is 2.67. The first-order valence-corrected chi connectivity index (χ1v) is 7.03. The molecule has 0 saturated carbocycles. The Morgan fingerprint density at radius 3 is 2.90 bits per heavy atom. The van der Waals surface area contributed by atoms with Gasteiger partial charge in [0.05, 0.1) is 0 Å². The standard InChI is InChI=1S/C15H22N4O/c1-3-19(2)14(20)10-17-15(16)18-13-8-7-11-5-4-6-12(11)9-13/h7-9H,3-6,10H2,1-2H3,(H3,16,17,18). The normalized spacial score (nSPS) is 14.0. The molecule has 1 aromatic carbocycles. The second-order valence-corrected chi connectivity index (χ2v) is 5.07. The molecule has 5 nitrogen and oxygen atoms in total. The predicted octanol–water partition coefficient (Wildman–Crippen LogP) is 1.38. The molecule has 1 aliphatic rings. The summed E-state index contributed by atoms with van der Waals surface area (Å²) in [6, 6.07) is 6.26. The number of nitrogens with two attached hydrogens (primary N) is 1. The summed E-state index contributed by atoms with van der Waals surface area (Å²) in [5.41, 5.74) is 9.54. The molecule has 0 aliphatic heterocycles. The van der Waals surface area contributed by atoms with Crippen LogP contribution in [0.15, 0.2) is 23.2 Å². The van der Waals surface area contributed by atoms with Gasteiger partial charge in [0.15, 0.2) is 5.96 Å². The monoisotopic (exact) mass is 274 g/mol. The second-order valence-electron chi connectivity index (χ2n) is 5.07. The molecule has 20 heavy (non-hydrogen) atoms. The zero-order valence-corrected chi connectivity index (χ0v) is 12.1. The number of fused-ring (bicyclic) bond motifs is 1. The van der Waals surface area contributed by atoms with E-state index in [9.17, 15) is 4.79 Å². The van der Waals surface area contributed by atoms with Crippen molar-refractivity contribution in [2.45, 2.75) is 26.2 Å². The van der Waals surface area contributed by atoms with Crippen LogP contribution in [0, 0.1) is 0 Å². The predicted molar refractivity (Wildman–Crippen MR) is 81.9 cm³/mol. The average molecular weight is 274 g/mol. The Kier molecular flexibility index (Phi) is 4.61. The zero-order chi connectivity index (χ0) is 14.5. The molecule has 5 heteroatoms. The van der Waals surface area contributed by atoms with Gasteiger partial charge in [0.1, 0.15) is 6.54 Å². The van der Waals surface area contributed by atoms with Gasteiger partial charge in [-0.15, -0.1) is 0 Å². The maximum Gasteiger partial charge on any atom is 0.244 e. The van der Waals surface area contributed by atoms with Crippen molar-refractivity contribution in [3.8, 4) is 0 Å². The maximum atomic E-state index is 11.6. The summed E-state index contributed by atoms with van der Waals surface area (Å²) in [5, 5.41) is 3.04. The summed E-state index contributed by atoms with van der Waals surface area (Å²) in [4.78, 5) is 17.3. The molecule has 0 radical (unpaired) electrons. The fourth-order valence-electron chi connectivity index (χ4n) is 2.29.